The van der Waals surface area contributed by atoms with Crippen LogP contribution in [0.2, 0.25) is 0 Å². The Morgan fingerprint density at radius 3 is 2.40 bits per heavy atom. The van der Waals surface area contributed by atoms with E-state index in [9.17, 15) is 4.79 Å². The number of nitrogens with zero attached hydrogens (tertiary/aromatic N) is 1. The van der Waals surface area contributed by atoms with Gasteiger partial charge in [0.25, 0.3) is 0 Å². The molecule has 2 aliphatic rings. The van der Waals surface area contributed by atoms with Gasteiger partial charge in [0, 0.05) is 19.6 Å². The quantitative estimate of drug-likeness (QED) is 0.419. The number of fused-ring (bicyclic) bond motifs is 2. The first-order valence-electron chi connectivity index (χ1n) is 4.96. The molecule has 0 aromatic heterocycles. The molecule has 15 heavy (non-hydrogen) atoms. The van der Waals surface area contributed by atoms with Crippen molar-refractivity contribution in [2.24, 2.45) is 0 Å². The van der Waals surface area contributed by atoms with E-state index >= 15 is 0 Å². The molecular weight excluding hydrogens is 219 g/mol. The predicted molar refractivity (Wildman–Crippen MR) is 52.8 cm³/mol. The molecule has 2 bridgehead atoms. The van der Waals surface area contributed by atoms with Crippen LogP contribution in [0.1, 0.15) is 12.8 Å². The van der Waals surface area contributed by atoms with Crippen molar-refractivity contribution in [1.29, 1.82) is 0 Å². The average molecular weight is 234 g/mol. The summed E-state index contributed by atoms with van der Waals surface area (Å²) < 4.78 is 5.67. The predicted octanol–water partition coefficient (Wildman–Crippen LogP) is -2.01. The zero-order chi connectivity index (χ0) is 10.1. The number of carbonyl (C=O) groups is 1. The van der Waals surface area contributed by atoms with Gasteiger partial charge in [-0.3, -0.25) is 4.90 Å². The van der Waals surface area contributed by atoms with Crippen LogP contribution in [-0.2, 0) is 9.53 Å². The summed E-state index contributed by atoms with van der Waals surface area (Å²) >= 11 is 0. The number of rotatable bonds is 3. The van der Waals surface area contributed by atoms with Gasteiger partial charge >= 0.3 is 51.4 Å². The second-order valence-electron chi connectivity index (χ2n) is 4.08. The van der Waals surface area contributed by atoms with Gasteiger partial charge < -0.3 is 15.3 Å². The zero-order valence-electron chi connectivity index (χ0n) is 9.16. The normalized spacial score (nSPS) is 29.6. The van der Waals surface area contributed by atoms with Crippen LogP contribution in [0.25, 0.3) is 5.73 Å². The Hall–Kier alpha value is 0.766. The molecule has 2 heterocycles. The fourth-order valence-corrected chi connectivity index (χ4v) is 2.17. The van der Waals surface area contributed by atoms with E-state index in [2.05, 4.69) is 11.5 Å². The maximum atomic E-state index is 10.7. The SMILES string of the molecule is C=C(CN1CC2CCC(C1)O2)C([NH-])=O.[K+]. The van der Waals surface area contributed by atoms with E-state index in [0.717, 1.165) is 25.9 Å². The number of likely N-dealkylation sites (tertiary alicyclic amines) is 1. The van der Waals surface area contributed by atoms with Gasteiger partial charge in [0.15, 0.2) is 0 Å². The number of nitrogens with one attached hydrogen (secondary N) is 1. The number of hydrogen-bond acceptors (Lipinski definition) is 3. The number of hydrogen-bond donors (Lipinski definition) is 0. The molecule has 0 saturated carbocycles. The Bertz CT molecular complexity index is 258. The molecule has 1 amide bonds. The first kappa shape index (κ1) is 13.8. The van der Waals surface area contributed by atoms with E-state index in [4.69, 9.17) is 10.5 Å². The van der Waals surface area contributed by atoms with E-state index < -0.39 is 5.91 Å². The van der Waals surface area contributed by atoms with Gasteiger partial charge in [-0.05, 0) is 18.4 Å². The van der Waals surface area contributed by atoms with E-state index in [0.29, 0.717) is 24.3 Å². The van der Waals surface area contributed by atoms with Crippen molar-refractivity contribution in [3.63, 3.8) is 0 Å². The molecule has 0 aromatic carbocycles. The molecule has 2 rings (SSSR count). The fourth-order valence-electron chi connectivity index (χ4n) is 2.17. The molecule has 2 saturated heterocycles. The van der Waals surface area contributed by atoms with Crippen LogP contribution in [0.3, 0.4) is 0 Å². The number of amides is 1. The van der Waals surface area contributed by atoms with Crippen LogP contribution in [0.15, 0.2) is 12.2 Å². The molecule has 0 aromatic rings. The Balaban J connectivity index is 0.00000112. The molecule has 0 aliphatic carbocycles. The third-order valence-electron chi connectivity index (χ3n) is 2.85. The topological polar surface area (TPSA) is 53.3 Å². The van der Waals surface area contributed by atoms with Crippen LogP contribution < -0.4 is 51.4 Å². The molecule has 4 nitrogen and oxygen atoms in total. The summed E-state index contributed by atoms with van der Waals surface area (Å²) in [4.78, 5) is 12.9. The summed E-state index contributed by atoms with van der Waals surface area (Å²) in [5.41, 5.74) is 7.30. The second-order valence-corrected chi connectivity index (χ2v) is 4.08. The van der Waals surface area contributed by atoms with Crippen molar-refractivity contribution in [2.45, 2.75) is 25.0 Å². The summed E-state index contributed by atoms with van der Waals surface area (Å²) in [6, 6.07) is 0. The Morgan fingerprint density at radius 1 is 1.40 bits per heavy atom. The molecule has 78 valence electrons. The molecule has 5 heteroatoms. The molecule has 2 atom stereocenters. The van der Waals surface area contributed by atoms with Crippen molar-refractivity contribution in [3.8, 4) is 0 Å². The standard InChI is InChI=1S/C10H16N2O2.K/c1-7(10(11)13)4-12-5-8-2-3-9(6-12)14-8;/h8-9H,1-6H2,(H2,11,13);/q;+1/p-1. The van der Waals surface area contributed by atoms with Crippen molar-refractivity contribution >= 4 is 5.91 Å². The summed E-state index contributed by atoms with van der Waals surface area (Å²) in [5, 5.41) is 0. The van der Waals surface area contributed by atoms with Gasteiger partial charge in [0.05, 0.1) is 18.1 Å². The fraction of sp³-hybridized carbons (Fsp3) is 0.700. The third kappa shape index (κ3) is 3.62. The molecule has 0 spiro atoms. The number of carbonyl (C=O) groups excluding carboxylic acids is 1. The van der Waals surface area contributed by atoms with Crippen LogP contribution in [0.5, 0.6) is 0 Å². The van der Waals surface area contributed by atoms with Crippen LogP contribution in [0.4, 0.5) is 0 Å². The van der Waals surface area contributed by atoms with Crippen molar-refractivity contribution < 1.29 is 60.9 Å². The van der Waals surface area contributed by atoms with Crippen molar-refractivity contribution in [1.82, 2.24) is 4.90 Å². The van der Waals surface area contributed by atoms with Gasteiger partial charge in [-0.2, -0.15) is 0 Å². The Morgan fingerprint density at radius 2 is 1.93 bits per heavy atom. The van der Waals surface area contributed by atoms with Gasteiger partial charge in [0.2, 0.25) is 0 Å². The van der Waals surface area contributed by atoms with Gasteiger partial charge in [-0.1, -0.05) is 6.58 Å². The first-order valence-corrected chi connectivity index (χ1v) is 4.96. The van der Waals surface area contributed by atoms with Gasteiger partial charge in [-0.25, -0.2) is 0 Å². The van der Waals surface area contributed by atoms with Crippen LogP contribution >= 0.6 is 0 Å². The van der Waals surface area contributed by atoms with Crippen molar-refractivity contribution in [3.05, 3.63) is 17.9 Å². The average Bonchev–Trinajstić information content (AvgIpc) is 2.45. The molecule has 2 aliphatic heterocycles. The molecular formula is C10H15KN2O2. The third-order valence-corrected chi connectivity index (χ3v) is 2.85. The van der Waals surface area contributed by atoms with Crippen LogP contribution in [0, 0.1) is 0 Å². The summed E-state index contributed by atoms with van der Waals surface area (Å²) in [6.45, 7) is 5.88. The Kier molecular flexibility index (Phi) is 5.45. The zero-order valence-corrected chi connectivity index (χ0v) is 12.3. The molecule has 1 N–H and O–H groups in total. The van der Waals surface area contributed by atoms with Crippen LogP contribution in [-0.4, -0.2) is 42.6 Å². The minimum Gasteiger partial charge on any atom is -0.664 e. The van der Waals surface area contributed by atoms with Gasteiger partial charge in [-0.15, -0.1) is 0 Å². The largest absolute Gasteiger partial charge is 1.00 e. The second kappa shape index (κ2) is 5.91. The monoisotopic (exact) mass is 234 g/mol. The minimum atomic E-state index is -0.649. The summed E-state index contributed by atoms with van der Waals surface area (Å²) in [7, 11) is 0. The summed E-state index contributed by atoms with van der Waals surface area (Å²) in [5.74, 6) is -0.649. The maximum Gasteiger partial charge on any atom is 1.00 e. The summed E-state index contributed by atoms with van der Waals surface area (Å²) in [6.07, 6.45) is 2.93. The maximum absolute atomic E-state index is 10.7. The van der Waals surface area contributed by atoms with Crippen molar-refractivity contribution in [2.75, 3.05) is 19.6 Å². The molecule has 2 unspecified atom stereocenters. The Labute approximate surface area is 133 Å². The first-order chi connectivity index (χ1) is 6.65. The van der Waals surface area contributed by atoms with E-state index in [-0.39, 0.29) is 51.4 Å². The van der Waals surface area contributed by atoms with Gasteiger partial charge in [0.1, 0.15) is 0 Å². The molecule has 2 fully saturated rings. The van der Waals surface area contributed by atoms with E-state index in [1.54, 1.807) is 0 Å². The van der Waals surface area contributed by atoms with E-state index in [1.807, 2.05) is 0 Å². The molecule has 0 radical (unpaired) electrons. The smallest absolute Gasteiger partial charge is 0.664 e. The number of morpholine rings is 1. The van der Waals surface area contributed by atoms with E-state index in [1.165, 1.54) is 0 Å². The number of ether oxygens (including phenoxy) is 1. The minimum absolute atomic E-state index is 0.